The topological polar surface area (TPSA) is 85.7 Å². The molecular formula is C18H22N2O5S. The van der Waals surface area contributed by atoms with Gasteiger partial charge in [0.25, 0.3) is 0 Å². The highest BCUT2D eigenvalue weighted by atomic mass is 32.2. The van der Waals surface area contributed by atoms with E-state index in [1.807, 2.05) is 6.07 Å². The SMILES string of the molecule is CCS(=O)(=O)N1CCC(C(=O)n2cc(C(=O)OC)c3ccccc32)CC1. The molecule has 0 spiro atoms. The van der Waals surface area contributed by atoms with Gasteiger partial charge < -0.3 is 4.74 Å². The summed E-state index contributed by atoms with van der Waals surface area (Å²) in [4.78, 5) is 25.0. The molecule has 2 heterocycles. The van der Waals surface area contributed by atoms with Crippen LogP contribution in [0.1, 0.15) is 34.9 Å². The van der Waals surface area contributed by atoms with Crippen LogP contribution in [0.15, 0.2) is 30.5 Å². The molecule has 1 aliphatic rings. The molecule has 0 bridgehead atoms. The van der Waals surface area contributed by atoms with E-state index < -0.39 is 16.0 Å². The number of hydrogen-bond donors (Lipinski definition) is 0. The minimum atomic E-state index is -3.23. The quantitative estimate of drug-likeness (QED) is 0.761. The molecule has 1 aromatic heterocycles. The number of para-hydroxylation sites is 1. The van der Waals surface area contributed by atoms with Gasteiger partial charge in [-0.15, -0.1) is 0 Å². The molecule has 26 heavy (non-hydrogen) atoms. The normalized spacial score (nSPS) is 16.7. The summed E-state index contributed by atoms with van der Waals surface area (Å²) in [5.74, 6) is -0.822. The first-order valence-electron chi connectivity index (χ1n) is 8.59. The zero-order valence-electron chi connectivity index (χ0n) is 14.8. The minimum Gasteiger partial charge on any atom is -0.465 e. The van der Waals surface area contributed by atoms with Crippen molar-refractivity contribution in [2.75, 3.05) is 26.0 Å². The standard InChI is InChI=1S/C18H22N2O5S/c1-3-26(23,24)19-10-8-13(9-11-19)17(21)20-12-15(18(22)25-2)14-6-4-5-7-16(14)20/h4-7,12-13H,3,8-11H2,1-2H3. The van der Waals surface area contributed by atoms with Crippen molar-refractivity contribution in [3.63, 3.8) is 0 Å². The van der Waals surface area contributed by atoms with Crippen LogP contribution in [0.2, 0.25) is 0 Å². The van der Waals surface area contributed by atoms with Crippen molar-refractivity contribution in [3.05, 3.63) is 36.0 Å². The van der Waals surface area contributed by atoms with E-state index in [1.165, 1.54) is 22.2 Å². The average Bonchev–Trinajstić information content (AvgIpc) is 3.06. The van der Waals surface area contributed by atoms with Crippen LogP contribution in [0.5, 0.6) is 0 Å². The number of benzene rings is 1. The number of sulfonamides is 1. The summed E-state index contributed by atoms with van der Waals surface area (Å²) in [7, 11) is -1.92. The summed E-state index contributed by atoms with van der Waals surface area (Å²) in [5.41, 5.74) is 1.00. The van der Waals surface area contributed by atoms with Gasteiger partial charge in [0.05, 0.1) is 23.9 Å². The van der Waals surface area contributed by atoms with Gasteiger partial charge in [0.15, 0.2) is 0 Å². The predicted octanol–water partition coefficient (Wildman–Crippen LogP) is 2.13. The second-order valence-corrected chi connectivity index (χ2v) is 8.59. The Morgan fingerprint density at radius 1 is 1.19 bits per heavy atom. The summed E-state index contributed by atoms with van der Waals surface area (Å²) >= 11 is 0. The summed E-state index contributed by atoms with van der Waals surface area (Å²) in [6.45, 7) is 2.30. The lowest BCUT2D eigenvalue weighted by molar-refractivity contribution is 0.0603. The molecule has 0 amide bonds. The highest BCUT2D eigenvalue weighted by Crippen LogP contribution is 2.27. The molecule has 1 fully saturated rings. The van der Waals surface area contributed by atoms with Crippen LogP contribution in [0.4, 0.5) is 0 Å². The monoisotopic (exact) mass is 378 g/mol. The average molecular weight is 378 g/mol. The number of nitrogens with zero attached hydrogens (tertiary/aromatic N) is 2. The van der Waals surface area contributed by atoms with Gasteiger partial charge in [-0.05, 0) is 25.8 Å². The summed E-state index contributed by atoms with van der Waals surface area (Å²) in [6, 6.07) is 7.18. The highest BCUT2D eigenvalue weighted by molar-refractivity contribution is 7.89. The van der Waals surface area contributed by atoms with Crippen molar-refractivity contribution in [2.24, 2.45) is 5.92 Å². The highest BCUT2D eigenvalue weighted by Gasteiger charge is 2.31. The molecule has 2 aromatic rings. The lowest BCUT2D eigenvalue weighted by Crippen LogP contribution is -2.41. The van der Waals surface area contributed by atoms with E-state index in [2.05, 4.69) is 0 Å². The fourth-order valence-electron chi connectivity index (χ4n) is 3.39. The molecule has 0 aliphatic carbocycles. The number of fused-ring (bicyclic) bond motifs is 1. The van der Waals surface area contributed by atoms with Gasteiger partial charge in [-0.1, -0.05) is 18.2 Å². The molecule has 8 heteroatoms. The molecule has 0 radical (unpaired) electrons. The number of esters is 1. The molecule has 140 valence electrons. The van der Waals surface area contributed by atoms with Crippen LogP contribution >= 0.6 is 0 Å². The van der Waals surface area contributed by atoms with E-state index in [-0.39, 0.29) is 17.6 Å². The number of carbonyl (C=O) groups is 2. The Bertz CT molecular complexity index is 940. The number of methoxy groups -OCH3 is 1. The Kier molecular flexibility index (Phi) is 5.15. The van der Waals surface area contributed by atoms with Gasteiger partial charge in [-0.3, -0.25) is 9.36 Å². The summed E-state index contributed by atoms with van der Waals surface area (Å²) < 4.78 is 31.7. The van der Waals surface area contributed by atoms with Crippen molar-refractivity contribution >= 4 is 32.8 Å². The van der Waals surface area contributed by atoms with Crippen LogP contribution in [0, 0.1) is 5.92 Å². The second kappa shape index (κ2) is 7.20. The fourth-order valence-corrected chi connectivity index (χ4v) is 4.53. The minimum absolute atomic E-state index is 0.0658. The van der Waals surface area contributed by atoms with Crippen molar-refractivity contribution < 1.29 is 22.7 Å². The Balaban J connectivity index is 1.87. The van der Waals surface area contributed by atoms with Gasteiger partial charge in [0.1, 0.15) is 0 Å². The molecule has 1 aliphatic heterocycles. The van der Waals surface area contributed by atoms with Gasteiger partial charge in [-0.25, -0.2) is 17.5 Å². The lowest BCUT2D eigenvalue weighted by Gasteiger charge is -2.30. The van der Waals surface area contributed by atoms with Crippen LogP contribution in [0.25, 0.3) is 10.9 Å². The zero-order chi connectivity index (χ0) is 18.9. The van der Waals surface area contributed by atoms with Crippen molar-refractivity contribution in [1.29, 1.82) is 0 Å². The molecule has 7 nitrogen and oxygen atoms in total. The third-order valence-electron chi connectivity index (χ3n) is 4.92. The summed E-state index contributed by atoms with van der Waals surface area (Å²) in [5, 5.41) is 0.665. The van der Waals surface area contributed by atoms with E-state index >= 15 is 0 Å². The molecular weight excluding hydrogens is 356 g/mol. The maximum absolute atomic E-state index is 13.0. The van der Waals surface area contributed by atoms with Gasteiger partial charge in [0, 0.05) is 30.6 Å². The molecule has 0 N–H and O–H groups in total. The maximum Gasteiger partial charge on any atom is 0.340 e. The third kappa shape index (κ3) is 3.26. The number of ether oxygens (including phenoxy) is 1. The molecule has 0 atom stereocenters. The Morgan fingerprint density at radius 2 is 1.85 bits per heavy atom. The van der Waals surface area contributed by atoms with Crippen LogP contribution < -0.4 is 0 Å². The van der Waals surface area contributed by atoms with Gasteiger partial charge in [-0.2, -0.15) is 0 Å². The van der Waals surface area contributed by atoms with E-state index in [4.69, 9.17) is 4.74 Å². The lowest BCUT2D eigenvalue weighted by atomic mass is 9.97. The first-order chi connectivity index (χ1) is 12.4. The van der Waals surface area contributed by atoms with Crippen LogP contribution in [-0.4, -0.2) is 55.1 Å². The van der Waals surface area contributed by atoms with Crippen molar-refractivity contribution in [3.8, 4) is 0 Å². The first-order valence-corrected chi connectivity index (χ1v) is 10.2. The third-order valence-corrected chi connectivity index (χ3v) is 6.80. The van der Waals surface area contributed by atoms with E-state index in [0.717, 1.165) is 0 Å². The fraction of sp³-hybridized carbons (Fsp3) is 0.444. The van der Waals surface area contributed by atoms with E-state index in [0.29, 0.717) is 42.4 Å². The Morgan fingerprint density at radius 3 is 2.46 bits per heavy atom. The second-order valence-electron chi connectivity index (χ2n) is 6.33. The molecule has 1 aromatic carbocycles. The molecule has 0 unspecified atom stereocenters. The molecule has 0 saturated carbocycles. The Labute approximate surface area is 152 Å². The van der Waals surface area contributed by atoms with Crippen LogP contribution in [-0.2, 0) is 14.8 Å². The molecule has 3 rings (SSSR count). The zero-order valence-corrected chi connectivity index (χ0v) is 15.7. The number of hydrogen-bond acceptors (Lipinski definition) is 5. The Hall–Kier alpha value is -2.19. The van der Waals surface area contributed by atoms with E-state index in [9.17, 15) is 18.0 Å². The molecule has 1 saturated heterocycles. The smallest absolute Gasteiger partial charge is 0.340 e. The largest absolute Gasteiger partial charge is 0.465 e. The number of aromatic nitrogens is 1. The van der Waals surface area contributed by atoms with Gasteiger partial charge in [0.2, 0.25) is 15.9 Å². The van der Waals surface area contributed by atoms with Crippen molar-refractivity contribution in [1.82, 2.24) is 8.87 Å². The first kappa shape index (κ1) is 18.6. The predicted molar refractivity (Wildman–Crippen MR) is 97.7 cm³/mol. The number of carbonyl (C=O) groups excluding carboxylic acids is 2. The summed E-state index contributed by atoms with van der Waals surface area (Å²) in [6.07, 6.45) is 2.46. The maximum atomic E-state index is 13.0. The van der Waals surface area contributed by atoms with Gasteiger partial charge >= 0.3 is 5.97 Å². The van der Waals surface area contributed by atoms with Crippen LogP contribution in [0.3, 0.4) is 0 Å². The van der Waals surface area contributed by atoms with Crippen molar-refractivity contribution in [2.45, 2.75) is 19.8 Å². The number of piperidine rings is 1. The van der Waals surface area contributed by atoms with E-state index in [1.54, 1.807) is 25.1 Å². The number of rotatable bonds is 4.